The average Bonchev–Trinajstić information content (AvgIpc) is 2.58. The highest BCUT2D eigenvalue weighted by Crippen LogP contribution is 2.40. The van der Waals surface area contributed by atoms with Crippen LogP contribution >= 0.6 is 15.9 Å². The summed E-state index contributed by atoms with van der Waals surface area (Å²) in [6.45, 7) is 6.48. The van der Waals surface area contributed by atoms with E-state index in [4.69, 9.17) is 4.74 Å². The van der Waals surface area contributed by atoms with E-state index in [0.717, 1.165) is 17.4 Å². The van der Waals surface area contributed by atoms with E-state index in [2.05, 4.69) is 22.0 Å². The van der Waals surface area contributed by atoms with Gasteiger partial charge in [0.25, 0.3) is 0 Å². The minimum Gasteiger partial charge on any atom is -0.444 e. The van der Waals surface area contributed by atoms with Gasteiger partial charge < -0.3 is 9.64 Å². The van der Waals surface area contributed by atoms with Crippen molar-refractivity contribution in [1.29, 1.82) is 0 Å². The standard InChI is InChI=1S/C11H16BrNO2/c1-11(2,3)15-10(14)13-6-7-4-8(12)9(13)5-7/h4,7,9H,5-6H2,1-3H3. The largest absolute Gasteiger partial charge is 0.444 e. The lowest BCUT2D eigenvalue weighted by molar-refractivity contribution is 0.0245. The third-order valence-corrected chi connectivity index (χ3v) is 3.47. The van der Waals surface area contributed by atoms with Gasteiger partial charge in [0.2, 0.25) is 0 Å². The third kappa shape index (κ3) is 2.19. The summed E-state index contributed by atoms with van der Waals surface area (Å²) < 4.78 is 6.49. The van der Waals surface area contributed by atoms with E-state index in [9.17, 15) is 4.79 Å². The van der Waals surface area contributed by atoms with Crippen molar-refractivity contribution in [3.05, 3.63) is 10.6 Å². The number of ether oxygens (including phenoxy) is 1. The summed E-state index contributed by atoms with van der Waals surface area (Å²) in [5.74, 6) is 0.511. The molecule has 0 aromatic rings. The van der Waals surface area contributed by atoms with Crippen molar-refractivity contribution in [2.75, 3.05) is 6.54 Å². The van der Waals surface area contributed by atoms with E-state index in [1.54, 1.807) is 0 Å². The molecule has 1 heterocycles. The first-order valence-corrected chi connectivity index (χ1v) is 6.03. The summed E-state index contributed by atoms with van der Waals surface area (Å²) in [6, 6.07) is 0.213. The number of nitrogens with zero attached hydrogens (tertiary/aromatic N) is 1. The van der Waals surface area contributed by atoms with Crippen molar-refractivity contribution >= 4 is 22.0 Å². The highest BCUT2D eigenvalue weighted by Gasteiger charge is 2.42. The number of hydrogen-bond donors (Lipinski definition) is 0. The molecule has 0 N–H and O–H groups in total. The molecule has 0 aromatic heterocycles. The van der Waals surface area contributed by atoms with Gasteiger partial charge in [-0.3, -0.25) is 0 Å². The molecule has 2 rings (SSSR count). The number of amides is 1. The fourth-order valence-corrected chi connectivity index (χ4v) is 2.92. The Morgan fingerprint density at radius 3 is 2.73 bits per heavy atom. The molecule has 1 amide bonds. The van der Waals surface area contributed by atoms with Gasteiger partial charge in [0.15, 0.2) is 0 Å². The number of carbonyl (C=O) groups excluding carboxylic acids is 1. The second-order valence-electron chi connectivity index (χ2n) is 5.20. The Balaban J connectivity index is 2.02. The molecular weight excluding hydrogens is 258 g/mol. The van der Waals surface area contributed by atoms with Crippen molar-refractivity contribution in [1.82, 2.24) is 4.90 Å². The number of hydrogen-bond acceptors (Lipinski definition) is 2. The molecule has 2 aliphatic rings. The van der Waals surface area contributed by atoms with Gasteiger partial charge >= 0.3 is 6.09 Å². The maximum absolute atomic E-state index is 11.9. The van der Waals surface area contributed by atoms with Crippen LogP contribution in [0.25, 0.3) is 0 Å². The molecule has 2 unspecified atom stereocenters. The normalized spacial score (nSPS) is 29.3. The van der Waals surface area contributed by atoms with E-state index in [1.807, 2.05) is 25.7 Å². The molecule has 3 nitrogen and oxygen atoms in total. The Kier molecular flexibility index (Phi) is 2.57. The molecule has 2 atom stereocenters. The number of halogens is 1. The topological polar surface area (TPSA) is 29.5 Å². The monoisotopic (exact) mass is 273 g/mol. The maximum Gasteiger partial charge on any atom is 0.410 e. The summed E-state index contributed by atoms with van der Waals surface area (Å²) in [5.41, 5.74) is -0.408. The van der Waals surface area contributed by atoms with E-state index >= 15 is 0 Å². The third-order valence-electron chi connectivity index (χ3n) is 2.67. The highest BCUT2D eigenvalue weighted by molar-refractivity contribution is 9.11. The van der Waals surface area contributed by atoms with Gasteiger partial charge in [-0.2, -0.15) is 0 Å². The van der Waals surface area contributed by atoms with E-state index < -0.39 is 5.60 Å². The molecular formula is C11H16BrNO2. The predicted molar refractivity (Wildman–Crippen MR) is 61.8 cm³/mol. The van der Waals surface area contributed by atoms with Crippen LogP contribution in [-0.4, -0.2) is 29.2 Å². The van der Waals surface area contributed by atoms with Gasteiger partial charge in [-0.1, -0.05) is 22.0 Å². The SMILES string of the molecule is CC(C)(C)OC(=O)N1CC2C=C(Br)C1C2. The van der Waals surface area contributed by atoms with Crippen LogP contribution in [0.1, 0.15) is 27.2 Å². The molecule has 0 spiro atoms. The van der Waals surface area contributed by atoms with Crippen LogP contribution in [0.3, 0.4) is 0 Å². The molecule has 15 heavy (non-hydrogen) atoms. The van der Waals surface area contributed by atoms with Gasteiger partial charge in [0.05, 0.1) is 6.04 Å². The lowest BCUT2D eigenvalue weighted by atomic mass is 10.2. The Labute approximate surface area is 98.6 Å². The van der Waals surface area contributed by atoms with Gasteiger partial charge in [-0.25, -0.2) is 4.79 Å². The van der Waals surface area contributed by atoms with Crippen LogP contribution in [0.15, 0.2) is 10.6 Å². The van der Waals surface area contributed by atoms with Crippen molar-refractivity contribution in [2.45, 2.75) is 38.8 Å². The predicted octanol–water partition coefficient (Wildman–Crippen LogP) is 2.90. The molecule has 1 aliphatic carbocycles. The lowest BCUT2D eigenvalue weighted by Crippen LogP contribution is -2.41. The van der Waals surface area contributed by atoms with Gasteiger partial charge in [-0.05, 0) is 33.1 Å². The molecule has 1 fully saturated rings. The summed E-state index contributed by atoms with van der Waals surface area (Å²) in [5, 5.41) is 0. The smallest absolute Gasteiger partial charge is 0.410 e. The Morgan fingerprint density at radius 1 is 1.60 bits per heavy atom. The summed E-state index contributed by atoms with van der Waals surface area (Å²) in [7, 11) is 0. The zero-order chi connectivity index (χ0) is 11.2. The van der Waals surface area contributed by atoms with Crippen molar-refractivity contribution in [3.63, 3.8) is 0 Å². The van der Waals surface area contributed by atoms with Crippen molar-refractivity contribution in [3.8, 4) is 0 Å². The number of rotatable bonds is 0. The second kappa shape index (κ2) is 3.51. The molecule has 2 bridgehead atoms. The van der Waals surface area contributed by atoms with Crippen LogP contribution in [0.4, 0.5) is 4.79 Å². The minimum atomic E-state index is -0.408. The Hall–Kier alpha value is -0.510. The number of carbonyl (C=O) groups is 1. The van der Waals surface area contributed by atoms with Crippen molar-refractivity contribution < 1.29 is 9.53 Å². The molecule has 1 saturated heterocycles. The molecule has 84 valence electrons. The first-order chi connectivity index (χ1) is 6.87. The Bertz CT molecular complexity index is 319. The Morgan fingerprint density at radius 2 is 2.27 bits per heavy atom. The van der Waals surface area contributed by atoms with E-state index in [-0.39, 0.29) is 12.1 Å². The maximum atomic E-state index is 11.9. The van der Waals surface area contributed by atoms with E-state index in [1.165, 1.54) is 0 Å². The zero-order valence-corrected chi connectivity index (χ0v) is 10.9. The molecule has 0 radical (unpaired) electrons. The van der Waals surface area contributed by atoms with E-state index in [0.29, 0.717) is 5.92 Å². The summed E-state index contributed by atoms with van der Waals surface area (Å²) >= 11 is 3.50. The molecule has 0 saturated carbocycles. The van der Waals surface area contributed by atoms with Gasteiger partial charge in [-0.15, -0.1) is 0 Å². The highest BCUT2D eigenvalue weighted by atomic mass is 79.9. The number of likely N-dealkylation sites (tertiary alicyclic amines) is 1. The molecule has 1 aliphatic heterocycles. The quantitative estimate of drug-likeness (QED) is 0.679. The van der Waals surface area contributed by atoms with Crippen LogP contribution < -0.4 is 0 Å². The summed E-state index contributed by atoms with van der Waals surface area (Å²) in [4.78, 5) is 13.7. The average molecular weight is 274 g/mol. The fourth-order valence-electron chi connectivity index (χ4n) is 2.11. The van der Waals surface area contributed by atoms with Gasteiger partial charge in [0, 0.05) is 11.0 Å². The fraction of sp³-hybridized carbons (Fsp3) is 0.727. The first-order valence-electron chi connectivity index (χ1n) is 5.23. The lowest BCUT2D eigenvalue weighted by Gasteiger charge is -2.29. The second-order valence-corrected chi connectivity index (χ2v) is 6.11. The molecule has 4 heteroatoms. The van der Waals surface area contributed by atoms with Crippen LogP contribution in [0.5, 0.6) is 0 Å². The van der Waals surface area contributed by atoms with Crippen molar-refractivity contribution in [2.24, 2.45) is 5.92 Å². The van der Waals surface area contributed by atoms with Crippen LogP contribution in [-0.2, 0) is 4.74 Å². The summed E-state index contributed by atoms with van der Waals surface area (Å²) in [6.07, 6.45) is 3.05. The van der Waals surface area contributed by atoms with Crippen LogP contribution in [0, 0.1) is 5.92 Å². The number of fused-ring (bicyclic) bond motifs is 2. The zero-order valence-electron chi connectivity index (χ0n) is 9.29. The van der Waals surface area contributed by atoms with Crippen LogP contribution in [0.2, 0.25) is 0 Å². The first kappa shape index (κ1) is 11.0. The molecule has 0 aromatic carbocycles. The minimum absolute atomic E-state index is 0.194. The van der Waals surface area contributed by atoms with Gasteiger partial charge in [0.1, 0.15) is 5.60 Å².